The van der Waals surface area contributed by atoms with Gasteiger partial charge in [0.05, 0.1) is 10.6 Å². The van der Waals surface area contributed by atoms with E-state index in [4.69, 9.17) is 23.2 Å². The predicted molar refractivity (Wildman–Crippen MR) is 164 cm³/mol. The van der Waals surface area contributed by atoms with Crippen LogP contribution >= 0.6 is 23.2 Å². The maximum Gasteiger partial charge on any atom is 0.264 e. The summed E-state index contributed by atoms with van der Waals surface area (Å²) in [7, 11) is -4.16. The molecular formula is C31H35Cl2N3O4S. The fraction of sp³-hybridized carbons (Fsp3) is 0.355. The molecule has 1 unspecified atom stereocenters. The van der Waals surface area contributed by atoms with Gasteiger partial charge in [-0.1, -0.05) is 78.4 Å². The second-order valence-electron chi connectivity index (χ2n) is 10.4. The van der Waals surface area contributed by atoms with Crippen molar-refractivity contribution in [1.82, 2.24) is 10.2 Å². The number of carbonyl (C=O) groups excluding carboxylic acids is 2. The van der Waals surface area contributed by atoms with E-state index in [1.54, 1.807) is 55.5 Å². The number of amides is 2. The van der Waals surface area contributed by atoms with E-state index in [9.17, 15) is 18.0 Å². The maximum absolute atomic E-state index is 14.1. The van der Waals surface area contributed by atoms with Gasteiger partial charge in [0, 0.05) is 22.6 Å². The second-order valence-corrected chi connectivity index (χ2v) is 13.1. The minimum Gasteiger partial charge on any atom is -0.352 e. The number of hydrogen-bond acceptors (Lipinski definition) is 4. The van der Waals surface area contributed by atoms with Crippen molar-refractivity contribution in [2.24, 2.45) is 0 Å². The van der Waals surface area contributed by atoms with Crippen LogP contribution in [0.5, 0.6) is 0 Å². The number of aryl methyl sites for hydroxylation is 1. The molecule has 0 heterocycles. The monoisotopic (exact) mass is 615 g/mol. The third-order valence-corrected chi connectivity index (χ3v) is 9.83. The Morgan fingerprint density at radius 3 is 2.20 bits per heavy atom. The molecule has 218 valence electrons. The quantitative estimate of drug-likeness (QED) is 0.287. The zero-order valence-corrected chi connectivity index (χ0v) is 25.6. The minimum absolute atomic E-state index is 0.00369. The molecule has 1 fully saturated rings. The zero-order valence-electron chi connectivity index (χ0n) is 23.2. The predicted octanol–water partition coefficient (Wildman–Crippen LogP) is 6.36. The number of nitrogens with zero attached hydrogens (tertiary/aromatic N) is 2. The van der Waals surface area contributed by atoms with Crippen LogP contribution in [0, 0.1) is 6.92 Å². The van der Waals surface area contributed by atoms with Crippen molar-refractivity contribution in [3.63, 3.8) is 0 Å². The Kier molecular flexibility index (Phi) is 10.3. The lowest BCUT2D eigenvalue weighted by Crippen LogP contribution is -2.53. The van der Waals surface area contributed by atoms with E-state index in [1.165, 1.54) is 29.2 Å². The van der Waals surface area contributed by atoms with E-state index < -0.39 is 28.5 Å². The van der Waals surface area contributed by atoms with Gasteiger partial charge in [0.1, 0.15) is 12.6 Å². The fourth-order valence-corrected chi connectivity index (χ4v) is 6.67. The molecule has 1 aliphatic carbocycles. The first-order valence-corrected chi connectivity index (χ1v) is 15.9. The van der Waals surface area contributed by atoms with Crippen LogP contribution in [-0.4, -0.2) is 43.8 Å². The Morgan fingerprint density at radius 1 is 0.927 bits per heavy atom. The molecule has 0 saturated heterocycles. The minimum atomic E-state index is -4.16. The number of nitrogens with one attached hydrogen (secondary N) is 1. The highest BCUT2D eigenvalue weighted by molar-refractivity contribution is 7.92. The summed E-state index contributed by atoms with van der Waals surface area (Å²) in [5.41, 5.74) is 1.93. The maximum atomic E-state index is 14.1. The zero-order chi connectivity index (χ0) is 29.6. The molecule has 10 heteroatoms. The van der Waals surface area contributed by atoms with Crippen LogP contribution in [0.1, 0.15) is 50.2 Å². The van der Waals surface area contributed by atoms with Gasteiger partial charge in [-0.25, -0.2) is 8.42 Å². The Morgan fingerprint density at radius 2 is 1.56 bits per heavy atom. The van der Waals surface area contributed by atoms with Gasteiger partial charge in [-0.15, -0.1) is 0 Å². The Bertz CT molecular complexity index is 1460. The van der Waals surface area contributed by atoms with Crippen molar-refractivity contribution in [1.29, 1.82) is 0 Å². The molecule has 3 aromatic carbocycles. The molecule has 2 amide bonds. The third-order valence-electron chi connectivity index (χ3n) is 7.42. The van der Waals surface area contributed by atoms with Crippen LogP contribution < -0.4 is 9.62 Å². The largest absolute Gasteiger partial charge is 0.352 e. The summed E-state index contributed by atoms with van der Waals surface area (Å²) < 4.78 is 28.8. The number of carbonyl (C=O) groups is 2. The third kappa shape index (κ3) is 7.82. The molecule has 4 rings (SSSR count). The average Bonchev–Trinajstić information content (AvgIpc) is 2.96. The molecule has 7 nitrogen and oxygen atoms in total. The van der Waals surface area contributed by atoms with Crippen LogP contribution in [0.3, 0.4) is 0 Å². The molecular weight excluding hydrogens is 581 g/mol. The number of halogens is 2. The highest BCUT2D eigenvalue weighted by Crippen LogP contribution is 2.27. The standard InChI is InChI=1S/C31H35Cl2N3O4S/c1-22-12-16-27(17-13-22)36(41(39,40)28-18-14-25(32)15-19-28)21-30(37)35(20-24-8-6-7-11-29(24)33)23(2)31(38)34-26-9-4-3-5-10-26/h6-8,11-19,23,26H,3-5,9-10,20-21H2,1-2H3,(H,34,38). The highest BCUT2D eigenvalue weighted by Gasteiger charge is 2.33. The lowest BCUT2D eigenvalue weighted by atomic mass is 9.95. The molecule has 1 N–H and O–H groups in total. The summed E-state index contributed by atoms with van der Waals surface area (Å²) in [4.78, 5) is 28.8. The van der Waals surface area contributed by atoms with Crippen molar-refractivity contribution in [2.75, 3.05) is 10.8 Å². The van der Waals surface area contributed by atoms with Gasteiger partial charge in [-0.2, -0.15) is 0 Å². The number of sulfonamides is 1. The van der Waals surface area contributed by atoms with E-state index in [0.29, 0.717) is 21.3 Å². The summed E-state index contributed by atoms with van der Waals surface area (Å²) in [6.45, 7) is 3.09. The SMILES string of the molecule is Cc1ccc(N(CC(=O)N(Cc2ccccc2Cl)C(C)C(=O)NC2CCCCC2)S(=O)(=O)c2ccc(Cl)cc2)cc1. The normalized spacial score (nSPS) is 14.7. The van der Waals surface area contributed by atoms with Gasteiger partial charge >= 0.3 is 0 Å². The summed E-state index contributed by atoms with van der Waals surface area (Å²) >= 11 is 12.4. The topological polar surface area (TPSA) is 86.8 Å². The second kappa shape index (κ2) is 13.7. The number of anilines is 1. The molecule has 0 radical (unpaired) electrons. The van der Waals surface area contributed by atoms with E-state index in [2.05, 4.69) is 5.32 Å². The Labute approximate surface area is 252 Å². The van der Waals surface area contributed by atoms with Crippen LogP contribution in [0.25, 0.3) is 0 Å². The molecule has 41 heavy (non-hydrogen) atoms. The Hall–Kier alpha value is -3.07. The van der Waals surface area contributed by atoms with Gasteiger partial charge in [0.2, 0.25) is 11.8 Å². The van der Waals surface area contributed by atoms with Crippen LogP contribution in [0.4, 0.5) is 5.69 Å². The van der Waals surface area contributed by atoms with Crippen molar-refractivity contribution in [2.45, 2.75) is 69.5 Å². The number of benzene rings is 3. The lowest BCUT2D eigenvalue weighted by molar-refractivity contribution is -0.139. The van der Waals surface area contributed by atoms with Crippen LogP contribution in [0.15, 0.2) is 77.7 Å². The molecule has 3 aromatic rings. The summed E-state index contributed by atoms with van der Waals surface area (Å²) in [5.74, 6) is -0.811. The first-order valence-electron chi connectivity index (χ1n) is 13.7. The molecule has 0 spiro atoms. The molecule has 0 aliphatic heterocycles. The molecule has 1 aliphatic rings. The van der Waals surface area contributed by atoms with Crippen molar-refractivity contribution in [3.05, 3.63) is 94.0 Å². The molecule has 1 saturated carbocycles. The molecule has 0 bridgehead atoms. The van der Waals surface area contributed by atoms with Crippen molar-refractivity contribution >= 4 is 50.7 Å². The Balaban J connectivity index is 1.68. The van der Waals surface area contributed by atoms with Gasteiger partial charge in [0.25, 0.3) is 10.0 Å². The summed E-state index contributed by atoms with van der Waals surface area (Å²) in [6, 6.07) is 19.0. The molecule has 0 aromatic heterocycles. The summed E-state index contributed by atoms with van der Waals surface area (Å²) in [6.07, 6.45) is 5.05. The fourth-order valence-electron chi connectivity index (χ4n) is 4.94. The van der Waals surface area contributed by atoms with E-state index >= 15 is 0 Å². The average molecular weight is 617 g/mol. The van der Waals surface area contributed by atoms with Crippen molar-refractivity contribution in [3.8, 4) is 0 Å². The number of rotatable bonds is 10. The van der Waals surface area contributed by atoms with Gasteiger partial charge in [-0.05, 0) is 74.7 Å². The van der Waals surface area contributed by atoms with Crippen LogP contribution in [-0.2, 0) is 26.2 Å². The van der Waals surface area contributed by atoms with Gasteiger partial charge in [-0.3, -0.25) is 13.9 Å². The van der Waals surface area contributed by atoms with E-state index in [-0.39, 0.29) is 23.4 Å². The van der Waals surface area contributed by atoms with Crippen LogP contribution in [0.2, 0.25) is 10.0 Å². The number of hydrogen-bond donors (Lipinski definition) is 1. The first-order chi connectivity index (χ1) is 19.6. The van der Waals surface area contributed by atoms with E-state index in [1.807, 2.05) is 6.92 Å². The first kappa shape index (κ1) is 30.9. The van der Waals surface area contributed by atoms with Gasteiger partial charge in [0.15, 0.2) is 0 Å². The lowest BCUT2D eigenvalue weighted by Gasteiger charge is -2.33. The smallest absolute Gasteiger partial charge is 0.264 e. The van der Waals surface area contributed by atoms with Gasteiger partial charge < -0.3 is 10.2 Å². The van der Waals surface area contributed by atoms with E-state index in [0.717, 1.165) is 42.0 Å². The molecule has 1 atom stereocenters. The van der Waals surface area contributed by atoms with Crippen molar-refractivity contribution < 1.29 is 18.0 Å². The summed E-state index contributed by atoms with van der Waals surface area (Å²) in [5, 5.41) is 3.94. The highest BCUT2D eigenvalue weighted by atomic mass is 35.5.